The van der Waals surface area contributed by atoms with E-state index in [1.165, 1.54) is 18.4 Å². The number of carbonyl (C=O) groups excluding carboxylic acids is 2. The number of thiocarbonyl (C=S) groups is 1. The third-order valence-corrected chi connectivity index (χ3v) is 4.97. The molecule has 1 aliphatic heterocycles. The van der Waals surface area contributed by atoms with Crippen molar-refractivity contribution in [2.24, 2.45) is 0 Å². The van der Waals surface area contributed by atoms with Gasteiger partial charge in [-0.25, -0.2) is 4.79 Å². The summed E-state index contributed by atoms with van der Waals surface area (Å²) in [6.45, 7) is 1.12. The third kappa shape index (κ3) is 4.24. The van der Waals surface area contributed by atoms with Crippen molar-refractivity contribution in [3.63, 3.8) is 0 Å². The molecule has 0 radical (unpaired) electrons. The van der Waals surface area contributed by atoms with E-state index in [-0.39, 0.29) is 9.23 Å². The van der Waals surface area contributed by atoms with E-state index >= 15 is 0 Å². The van der Waals surface area contributed by atoms with Crippen LogP contribution in [0.4, 0.5) is 0 Å². The number of nitrogens with one attached hydrogen (secondary N) is 1. The molecule has 28 heavy (non-hydrogen) atoms. The number of amides is 2. The number of carboxylic acids is 1. The number of furan rings is 1. The number of carboxylic acid groups (broad SMARTS) is 1. The fourth-order valence-electron chi connectivity index (χ4n) is 2.36. The van der Waals surface area contributed by atoms with Gasteiger partial charge < -0.3 is 14.3 Å². The standard InChI is InChI=1S/C18H14N2O6S2/c1-10-12(6-7-25-10)16(23)19-20-17(24)14(28-18(20)27)8-11-4-2-3-5-13(11)26-9-15(21)22/h2-8H,9H2,1H3,(H,19,23)(H,21,22)/b14-8+. The van der Waals surface area contributed by atoms with Gasteiger partial charge in [-0.05, 0) is 37.4 Å². The highest BCUT2D eigenvalue weighted by Crippen LogP contribution is 2.33. The Labute approximate surface area is 169 Å². The van der Waals surface area contributed by atoms with Crippen molar-refractivity contribution in [1.29, 1.82) is 0 Å². The van der Waals surface area contributed by atoms with E-state index in [0.717, 1.165) is 16.8 Å². The Morgan fingerprint density at radius 2 is 2.11 bits per heavy atom. The van der Waals surface area contributed by atoms with Crippen molar-refractivity contribution in [3.8, 4) is 5.75 Å². The summed E-state index contributed by atoms with van der Waals surface area (Å²) in [5.74, 6) is -1.40. The van der Waals surface area contributed by atoms with E-state index in [1.54, 1.807) is 31.2 Å². The number of rotatable bonds is 6. The highest BCUT2D eigenvalue weighted by atomic mass is 32.2. The van der Waals surface area contributed by atoms with Crippen LogP contribution in [0.5, 0.6) is 5.75 Å². The smallest absolute Gasteiger partial charge is 0.341 e. The van der Waals surface area contributed by atoms with Crippen molar-refractivity contribution in [2.45, 2.75) is 6.92 Å². The summed E-state index contributed by atoms with van der Waals surface area (Å²) in [5, 5.41) is 9.76. The number of aryl methyl sites for hydroxylation is 1. The lowest BCUT2D eigenvalue weighted by molar-refractivity contribution is -0.139. The van der Waals surface area contributed by atoms with Gasteiger partial charge in [0.25, 0.3) is 11.8 Å². The molecular formula is C18H14N2O6S2. The van der Waals surface area contributed by atoms with Crippen molar-refractivity contribution >= 4 is 52.2 Å². The average Bonchev–Trinajstić information content (AvgIpc) is 3.19. The van der Waals surface area contributed by atoms with Gasteiger partial charge in [-0.3, -0.25) is 15.0 Å². The Hall–Kier alpha value is -3.11. The second-order valence-corrected chi connectivity index (χ2v) is 7.24. The molecule has 0 aliphatic carbocycles. The molecule has 2 aromatic rings. The van der Waals surface area contributed by atoms with Gasteiger partial charge in [0.1, 0.15) is 11.5 Å². The summed E-state index contributed by atoms with van der Waals surface area (Å²) >= 11 is 6.20. The molecule has 10 heteroatoms. The molecule has 0 bridgehead atoms. The van der Waals surface area contributed by atoms with Crippen LogP contribution < -0.4 is 10.2 Å². The van der Waals surface area contributed by atoms with E-state index < -0.39 is 24.4 Å². The molecule has 1 saturated heterocycles. The third-order valence-electron chi connectivity index (χ3n) is 3.67. The summed E-state index contributed by atoms with van der Waals surface area (Å²) in [6.07, 6.45) is 2.91. The number of hydrogen-bond donors (Lipinski definition) is 2. The molecular weight excluding hydrogens is 404 g/mol. The molecule has 0 atom stereocenters. The first-order valence-corrected chi connectivity index (χ1v) is 9.16. The highest BCUT2D eigenvalue weighted by molar-refractivity contribution is 8.26. The molecule has 144 valence electrons. The number of hydrogen-bond acceptors (Lipinski definition) is 7. The number of aliphatic carboxylic acids is 1. The normalized spacial score (nSPS) is 15.2. The summed E-state index contributed by atoms with van der Waals surface area (Å²) in [6, 6.07) is 8.18. The first-order valence-electron chi connectivity index (χ1n) is 7.93. The fourth-order valence-corrected chi connectivity index (χ4v) is 3.53. The maximum Gasteiger partial charge on any atom is 0.341 e. The lowest BCUT2D eigenvalue weighted by Gasteiger charge is -2.15. The van der Waals surface area contributed by atoms with Crippen molar-refractivity contribution < 1.29 is 28.6 Å². The lowest BCUT2D eigenvalue weighted by atomic mass is 10.2. The molecule has 1 aromatic heterocycles. The summed E-state index contributed by atoms with van der Waals surface area (Å²) < 4.78 is 10.5. The molecule has 2 N–H and O–H groups in total. The molecule has 2 heterocycles. The molecule has 1 aliphatic rings. The lowest BCUT2D eigenvalue weighted by Crippen LogP contribution is -2.44. The molecule has 0 unspecified atom stereocenters. The van der Waals surface area contributed by atoms with Gasteiger partial charge in [-0.2, -0.15) is 5.01 Å². The van der Waals surface area contributed by atoms with Gasteiger partial charge in [0.2, 0.25) is 0 Å². The summed E-state index contributed by atoms with van der Waals surface area (Å²) in [4.78, 5) is 36.0. The first-order chi connectivity index (χ1) is 13.4. The fraction of sp³-hybridized carbons (Fsp3) is 0.111. The Bertz CT molecular complexity index is 997. The maximum atomic E-state index is 12.7. The zero-order chi connectivity index (χ0) is 20.3. The largest absolute Gasteiger partial charge is 0.481 e. The molecule has 1 aromatic carbocycles. The topological polar surface area (TPSA) is 109 Å². The van der Waals surface area contributed by atoms with Crippen LogP contribution in [0.1, 0.15) is 21.7 Å². The van der Waals surface area contributed by atoms with Crippen LogP contribution in [0.3, 0.4) is 0 Å². The van der Waals surface area contributed by atoms with E-state index in [1.807, 2.05) is 0 Å². The SMILES string of the molecule is Cc1occc1C(=O)NN1C(=O)/C(=C\c2ccccc2OCC(=O)O)SC1=S. The van der Waals surface area contributed by atoms with Crippen molar-refractivity contribution in [1.82, 2.24) is 10.4 Å². The monoisotopic (exact) mass is 418 g/mol. The van der Waals surface area contributed by atoms with Gasteiger partial charge >= 0.3 is 5.97 Å². The van der Waals surface area contributed by atoms with E-state index in [9.17, 15) is 14.4 Å². The van der Waals surface area contributed by atoms with Gasteiger partial charge in [0.15, 0.2) is 10.9 Å². The number of benzene rings is 1. The van der Waals surface area contributed by atoms with Gasteiger partial charge in [0, 0.05) is 5.56 Å². The summed E-state index contributed by atoms with van der Waals surface area (Å²) in [5.41, 5.74) is 3.28. The molecule has 2 amide bonds. The average molecular weight is 418 g/mol. The van der Waals surface area contributed by atoms with Crippen LogP contribution in [0.25, 0.3) is 6.08 Å². The molecule has 1 fully saturated rings. The van der Waals surface area contributed by atoms with E-state index in [0.29, 0.717) is 22.6 Å². The minimum absolute atomic E-state index is 0.162. The second-order valence-electron chi connectivity index (χ2n) is 5.57. The second kappa shape index (κ2) is 8.28. The number of carbonyl (C=O) groups is 3. The van der Waals surface area contributed by atoms with Crippen molar-refractivity contribution in [2.75, 3.05) is 6.61 Å². The minimum Gasteiger partial charge on any atom is -0.481 e. The molecule has 0 saturated carbocycles. The van der Waals surface area contributed by atoms with Crippen LogP contribution in [-0.2, 0) is 9.59 Å². The zero-order valence-corrected chi connectivity index (χ0v) is 16.1. The van der Waals surface area contributed by atoms with Crippen LogP contribution in [0, 0.1) is 6.92 Å². The van der Waals surface area contributed by atoms with Crippen LogP contribution in [-0.4, -0.2) is 38.8 Å². The van der Waals surface area contributed by atoms with E-state index in [2.05, 4.69) is 5.43 Å². The van der Waals surface area contributed by atoms with Gasteiger partial charge in [0.05, 0.1) is 16.7 Å². The predicted octanol–water partition coefficient (Wildman–Crippen LogP) is 2.60. The van der Waals surface area contributed by atoms with Crippen LogP contribution >= 0.6 is 24.0 Å². The van der Waals surface area contributed by atoms with Crippen LogP contribution in [0.2, 0.25) is 0 Å². The Kier molecular flexibility index (Phi) is 5.81. The number of thioether (sulfide) groups is 1. The zero-order valence-electron chi connectivity index (χ0n) is 14.5. The molecule has 8 nitrogen and oxygen atoms in total. The maximum absolute atomic E-state index is 12.7. The predicted molar refractivity (Wildman–Crippen MR) is 105 cm³/mol. The minimum atomic E-state index is -1.11. The first kappa shape index (κ1) is 19.6. The number of nitrogens with zero attached hydrogens (tertiary/aromatic N) is 1. The van der Waals surface area contributed by atoms with E-state index in [4.69, 9.17) is 26.5 Å². The van der Waals surface area contributed by atoms with Crippen molar-refractivity contribution in [3.05, 3.63) is 58.4 Å². The highest BCUT2D eigenvalue weighted by Gasteiger charge is 2.34. The Morgan fingerprint density at radius 1 is 1.36 bits per heavy atom. The van der Waals surface area contributed by atoms with Gasteiger partial charge in [-0.1, -0.05) is 30.0 Å². The Balaban J connectivity index is 1.79. The molecule has 0 spiro atoms. The Morgan fingerprint density at radius 3 is 2.79 bits per heavy atom. The summed E-state index contributed by atoms with van der Waals surface area (Å²) in [7, 11) is 0. The quantitative estimate of drug-likeness (QED) is 0.544. The number of ether oxygens (including phenoxy) is 1. The van der Waals surface area contributed by atoms with Gasteiger partial charge in [-0.15, -0.1) is 0 Å². The number of hydrazine groups is 1. The number of para-hydroxylation sites is 1. The molecule has 3 rings (SSSR count). The van der Waals surface area contributed by atoms with Crippen LogP contribution in [0.15, 0.2) is 45.9 Å².